The van der Waals surface area contributed by atoms with Crippen LogP contribution in [0.3, 0.4) is 0 Å². The molecule has 19 heavy (non-hydrogen) atoms. The second-order valence-corrected chi connectivity index (χ2v) is 5.31. The number of sulfonamides is 1. The Morgan fingerprint density at radius 3 is 2.58 bits per heavy atom. The molecular weight excluding hydrogens is 276 g/mol. The fraction of sp³-hybridized carbons (Fsp3) is 0.667. The fourth-order valence-electron chi connectivity index (χ4n) is 1.64. The van der Waals surface area contributed by atoms with Gasteiger partial charge in [0.2, 0.25) is 14.9 Å². The van der Waals surface area contributed by atoms with Crippen molar-refractivity contribution >= 4 is 15.8 Å². The summed E-state index contributed by atoms with van der Waals surface area (Å²) in [6.07, 6.45) is 0.567. The number of primary sulfonamides is 1. The Balaban J connectivity index is 3.06. The molecule has 0 unspecified atom stereocenters. The molecule has 1 rings (SSSR count). The Morgan fingerprint density at radius 2 is 2.16 bits per heavy atom. The molecule has 0 atom stereocenters. The molecule has 1 aromatic rings. The van der Waals surface area contributed by atoms with E-state index in [0.29, 0.717) is 26.2 Å². The van der Waals surface area contributed by atoms with Crippen LogP contribution in [0.2, 0.25) is 0 Å². The highest BCUT2D eigenvalue weighted by Crippen LogP contribution is 2.25. The zero-order valence-electron chi connectivity index (χ0n) is 10.7. The van der Waals surface area contributed by atoms with Gasteiger partial charge in [0.15, 0.2) is 0 Å². The maximum atomic E-state index is 11.4. The van der Waals surface area contributed by atoms with Gasteiger partial charge in [-0.2, -0.15) is 4.68 Å². The molecule has 0 spiro atoms. The zero-order valence-corrected chi connectivity index (χ0v) is 11.5. The summed E-state index contributed by atoms with van der Waals surface area (Å²) < 4.78 is 29.1. The Hall–Kier alpha value is -1.52. The summed E-state index contributed by atoms with van der Waals surface area (Å²) in [5.74, 6) is -0.739. The van der Waals surface area contributed by atoms with Gasteiger partial charge in [0.1, 0.15) is 0 Å². The molecule has 0 aliphatic heterocycles. The van der Waals surface area contributed by atoms with Crippen molar-refractivity contribution < 1.29 is 18.1 Å². The smallest absolute Gasteiger partial charge is 0.382 e. The van der Waals surface area contributed by atoms with Gasteiger partial charge < -0.3 is 14.9 Å². The van der Waals surface area contributed by atoms with Crippen molar-refractivity contribution in [3.8, 4) is 0 Å². The lowest BCUT2D eigenvalue weighted by atomic mass is 10.4. The molecular formula is C9H16N4O5S. The molecule has 0 bridgehead atoms. The second kappa shape index (κ2) is 6.08. The summed E-state index contributed by atoms with van der Waals surface area (Å²) in [6, 6.07) is 0. The van der Waals surface area contributed by atoms with Gasteiger partial charge in [-0.1, -0.05) is 0 Å². The molecule has 0 fully saturated rings. The summed E-state index contributed by atoms with van der Waals surface area (Å²) in [5, 5.41) is 19.4. The van der Waals surface area contributed by atoms with E-state index in [-0.39, 0.29) is 5.69 Å². The predicted octanol–water partition coefficient (Wildman–Crippen LogP) is 0.174. The molecule has 0 amide bonds. The zero-order chi connectivity index (χ0) is 14.6. The van der Waals surface area contributed by atoms with E-state index in [4.69, 9.17) is 9.88 Å². The van der Waals surface area contributed by atoms with E-state index in [1.807, 2.05) is 6.92 Å². The van der Waals surface area contributed by atoms with Crippen LogP contribution in [-0.2, 0) is 21.3 Å². The van der Waals surface area contributed by atoms with Crippen LogP contribution >= 0.6 is 0 Å². The maximum Gasteiger partial charge on any atom is 0.410 e. The fourth-order valence-corrected chi connectivity index (χ4v) is 2.53. The third kappa shape index (κ3) is 3.72. The minimum atomic E-state index is -4.18. The monoisotopic (exact) mass is 292 g/mol. The van der Waals surface area contributed by atoms with E-state index >= 15 is 0 Å². The van der Waals surface area contributed by atoms with Gasteiger partial charge in [-0.05, 0) is 25.2 Å². The van der Waals surface area contributed by atoms with Crippen LogP contribution in [0.4, 0.5) is 5.82 Å². The molecule has 10 heteroatoms. The van der Waals surface area contributed by atoms with Crippen molar-refractivity contribution in [3.05, 3.63) is 15.8 Å². The van der Waals surface area contributed by atoms with Gasteiger partial charge in [0, 0.05) is 13.2 Å². The van der Waals surface area contributed by atoms with E-state index in [2.05, 4.69) is 5.10 Å². The first kappa shape index (κ1) is 15.5. The number of rotatable bonds is 7. The SMILES string of the molecule is CCOCCCn1nc([N+](=O)[O-])c(S(N)(=O)=O)c1C. The minimum absolute atomic E-state index is 0.158. The van der Waals surface area contributed by atoms with E-state index in [1.165, 1.54) is 11.6 Å². The van der Waals surface area contributed by atoms with Crippen molar-refractivity contribution in [2.45, 2.75) is 31.7 Å². The van der Waals surface area contributed by atoms with Gasteiger partial charge in [-0.3, -0.25) is 0 Å². The maximum absolute atomic E-state index is 11.4. The van der Waals surface area contributed by atoms with Gasteiger partial charge in [-0.15, -0.1) is 0 Å². The van der Waals surface area contributed by atoms with Crippen LogP contribution in [0.15, 0.2) is 4.90 Å². The minimum Gasteiger partial charge on any atom is -0.382 e. The van der Waals surface area contributed by atoms with Gasteiger partial charge >= 0.3 is 5.82 Å². The highest BCUT2D eigenvalue weighted by molar-refractivity contribution is 7.89. The van der Waals surface area contributed by atoms with Crippen molar-refractivity contribution in [1.29, 1.82) is 0 Å². The number of ether oxygens (including phenoxy) is 1. The third-order valence-electron chi connectivity index (χ3n) is 2.45. The first-order chi connectivity index (χ1) is 8.79. The summed E-state index contributed by atoms with van der Waals surface area (Å²) in [6.45, 7) is 4.64. The standard InChI is InChI=1S/C9H16N4O5S/c1-3-18-6-4-5-12-7(2)8(19(10,16)17)9(11-12)13(14)15/h3-6H2,1-2H3,(H2,10,16,17). The number of hydrogen-bond acceptors (Lipinski definition) is 6. The van der Waals surface area contributed by atoms with Crippen molar-refractivity contribution in [1.82, 2.24) is 9.78 Å². The molecule has 2 N–H and O–H groups in total. The number of hydrogen-bond donors (Lipinski definition) is 1. The average molecular weight is 292 g/mol. The lowest BCUT2D eigenvalue weighted by Gasteiger charge is -2.01. The number of nitro groups is 1. The molecule has 0 radical (unpaired) electrons. The summed E-state index contributed by atoms with van der Waals surface area (Å²) in [5.41, 5.74) is 0.158. The Labute approximate surface area is 110 Å². The molecule has 0 saturated carbocycles. The van der Waals surface area contributed by atoms with Gasteiger partial charge in [-0.25, -0.2) is 13.6 Å². The molecule has 9 nitrogen and oxygen atoms in total. The van der Waals surface area contributed by atoms with E-state index in [9.17, 15) is 18.5 Å². The number of aryl methyl sites for hydroxylation is 1. The highest BCUT2D eigenvalue weighted by Gasteiger charge is 2.32. The molecule has 0 aliphatic rings. The van der Waals surface area contributed by atoms with Gasteiger partial charge in [0.05, 0.1) is 17.3 Å². The van der Waals surface area contributed by atoms with Crippen molar-refractivity contribution in [3.63, 3.8) is 0 Å². The number of aromatic nitrogens is 2. The molecule has 1 aromatic heterocycles. The molecule has 0 saturated heterocycles. The van der Waals surface area contributed by atoms with Crippen LogP contribution < -0.4 is 5.14 Å². The van der Waals surface area contributed by atoms with Gasteiger partial charge in [0.25, 0.3) is 0 Å². The lowest BCUT2D eigenvalue weighted by molar-refractivity contribution is -0.392. The molecule has 0 aromatic carbocycles. The number of nitrogens with zero attached hydrogens (tertiary/aromatic N) is 3. The Kier molecular flexibility index (Phi) is 4.97. The van der Waals surface area contributed by atoms with Crippen molar-refractivity contribution in [2.24, 2.45) is 5.14 Å². The predicted molar refractivity (Wildman–Crippen MR) is 66.1 cm³/mol. The summed E-state index contributed by atoms with van der Waals surface area (Å²) in [7, 11) is -4.18. The van der Waals surface area contributed by atoms with Crippen LogP contribution in [-0.4, -0.2) is 36.3 Å². The van der Waals surface area contributed by atoms with E-state index < -0.39 is 25.7 Å². The highest BCUT2D eigenvalue weighted by atomic mass is 32.2. The largest absolute Gasteiger partial charge is 0.410 e. The van der Waals surface area contributed by atoms with Crippen molar-refractivity contribution in [2.75, 3.05) is 13.2 Å². The topological polar surface area (TPSA) is 130 Å². The van der Waals surface area contributed by atoms with Crippen LogP contribution in [0.5, 0.6) is 0 Å². The third-order valence-corrected chi connectivity index (χ3v) is 3.50. The molecule has 108 valence electrons. The van der Waals surface area contributed by atoms with E-state index in [0.717, 1.165) is 0 Å². The Morgan fingerprint density at radius 1 is 1.53 bits per heavy atom. The molecule has 1 heterocycles. The first-order valence-corrected chi connectivity index (χ1v) is 7.16. The normalized spacial score (nSPS) is 11.7. The summed E-state index contributed by atoms with van der Waals surface area (Å²) in [4.78, 5) is 9.41. The lowest BCUT2D eigenvalue weighted by Crippen LogP contribution is -2.15. The summed E-state index contributed by atoms with van der Waals surface area (Å²) >= 11 is 0. The van der Waals surface area contributed by atoms with E-state index in [1.54, 1.807) is 0 Å². The molecule has 0 aliphatic carbocycles. The average Bonchev–Trinajstić information content (AvgIpc) is 2.62. The van der Waals surface area contributed by atoms with Crippen LogP contribution in [0, 0.1) is 17.0 Å². The second-order valence-electron chi connectivity index (χ2n) is 3.81. The Bertz CT molecular complexity index is 565. The van der Waals surface area contributed by atoms with Crippen LogP contribution in [0.25, 0.3) is 0 Å². The van der Waals surface area contributed by atoms with Crippen LogP contribution in [0.1, 0.15) is 19.0 Å². The quantitative estimate of drug-likeness (QED) is 0.433. The number of nitrogens with two attached hydrogens (primary N) is 1. The first-order valence-electron chi connectivity index (χ1n) is 5.61.